The molecule has 14 heavy (non-hydrogen) atoms. The summed E-state index contributed by atoms with van der Waals surface area (Å²) in [6, 6.07) is 0. The summed E-state index contributed by atoms with van der Waals surface area (Å²) in [7, 11) is 0. The first-order valence-electron chi connectivity index (χ1n) is 4.05. The Kier molecular flexibility index (Phi) is 8.62. The molecular formula is C8H12F5U-. The van der Waals surface area contributed by atoms with E-state index in [1.54, 1.807) is 0 Å². The van der Waals surface area contributed by atoms with Crippen molar-refractivity contribution in [2.45, 2.75) is 44.2 Å². The molecule has 0 aromatic rings. The maximum Gasteiger partial charge on any atom is 0.453 e. The summed E-state index contributed by atoms with van der Waals surface area (Å²) in [5, 5.41) is 0. The molecule has 0 heterocycles. The van der Waals surface area contributed by atoms with E-state index in [0.717, 1.165) is 0 Å². The summed E-state index contributed by atoms with van der Waals surface area (Å²) in [4.78, 5) is 0. The predicted octanol–water partition coefficient (Wildman–Crippen LogP) is 3.97. The van der Waals surface area contributed by atoms with E-state index in [2.05, 4.69) is 6.92 Å². The van der Waals surface area contributed by atoms with E-state index in [-0.39, 0.29) is 37.5 Å². The van der Waals surface area contributed by atoms with Gasteiger partial charge < -0.3 is 6.92 Å². The van der Waals surface area contributed by atoms with Gasteiger partial charge in [-0.05, 0) is 6.42 Å². The van der Waals surface area contributed by atoms with Crippen molar-refractivity contribution in [3.8, 4) is 0 Å². The Morgan fingerprint density at radius 2 is 1.36 bits per heavy atom. The maximum atomic E-state index is 12.2. The molecular weight excluding hydrogens is 429 g/mol. The molecule has 0 radical (unpaired) electrons. The summed E-state index contributed by atoms with van der Waals surface area (Å²) < 4.78 is 59.2. The fourth-order valence-corrected chi connectivity index (χ4v) is 0.842. The standard InChI is InChI=1S/C8H12F5.U/c1-2-3-4-5-6-7(9,10)8(11,12)13;/h1-6H2;/q-1;. The zero-order valence-corrected chi connectivity index (χ0v) is 11.8. The normalized spacial score (nSPS) is 12.4. The van der Waals surface area contributed by atoms with Gasteiger partial charge in [0.15, 0.2) is 0 Å². The molecule has 0 spiro atoms. The van der Waals surface area contributed by atoms with Gasteiger partial charge in [-0.15, -0.1) is 0 Å². The first-order valence-corrected chi connectivity index (χ1v) is 4.05. The van der Waals surface area contributed by atoms with Gasteiger partial charge in [0.25, 0.3) is 0 Å². The Morgan fingerprint density at radius 1 is 0.857 bits per heavy atom. The van der Waals surface area contributed by atoms with Crippen LogP contribution in [0.3, 0.4) is 0 Å². The summed E-state index contributed by atoms with van der Waals surface area (Å²) in [6.07, 6.45) is -5.10. The van der Waals surface area contributed by atoms with Gasteiger partial charge in [0.1, 0.15) is 0 Å². The van der Waals surface area contributed by atoms with Crippen LogP contribution in [0, 0.1) is 38.0 Å². The molecule has 0 aromatic heterocycles. The van der Waals surface area contributed by atoms with Gasteiger partial charge in [0, 0.05) is 37.5 Å². The topological polar surface area (TPSA) is 0 Å². The molecule has 0 unspecified atom stereocenters. The summed E-state index contributed by atoms with van der Waals surface area (Å²) in [6.45, 7) is 3.46. The maximum absolute atomic E-state index is 12.2. The average Bonchev–Trinajstić information content (AvgIpc) is 1.96. The number of unbranched alkanes of at least 4 members (excludes halogenated alkanes) is 3. The van der Waals surface area contributed by atoms with Crippen molar-refractivity contribution in [1.82, 2.24) is 0 Å². The fourth-order valence-electron chi connectivity index (χ4n) is 0.842. The SMILES string of the molecule is [CH2-]CCCCCC(F)(F)C(F)(F)F.[U]. The smallest absolute Gasteiger partial charge is 0.343 e. The number of alkyl halides is 5. The van der Waals surface area contributed by atoms with Gasteiger partial charge in [0.2, 0.25) is 0 Å². The Morgan fingerprint density at radius 3 is 1.71 bits per heavy atom. The molecule has 0 aromatic carbocycles. The number of halogens is 5. The molecule has 0 N–H and O–H groups in total. The van der Waals surface area contributed by atoms with Crippen molar-refractivity contribution in [3.05, 3.63) is 6.92 Å². The summed E-state index contributed by atoms with van der Waals surface area (Å²) in [5.74, 6) is -4.53. The monoisotopic (exact) mass is 441 g/mol. The summed E-state index contributed by atoms with van der Waals surface area (Å²) in [5.41, 5.74) is 0. The van der Waals surface area contributed by atoms with Crippen LogP contribution in [0.1, 0.15) is 32.1 Å². The first kappa shape index (κ1) is 17.1. The predicted molar refractivity (Wildman–Crippen MR) is 39.4 cm³/mol. The van der Waals surface area contributed by atoms with E-state index < -0.39 is 18.5 Å². The van der Waals surface area contributed by atoms with Gasteiger partial charge in [-0.2, -0.15) is 28.4 Å². The second kappa shape index (κ2) is 7.05. The van der Waals surface area contributed by atoms with E-state index in [1.165, 1.54) is 0 Å². The minimum absolute atomic E-state index is 0. The van der Waals surface area contributed by atoms with Crippen LogP contribution in [0.5, 0.6) is 0 Å². The van der Waals surface area contributed by atoms with Crippen LogP contribution >= 0.6 is 0 Å². The van der Waals surface area contributed by atoms with Crippen LogP contribution in [0.25, 0.3) is 0 Å². The molecule has 0 bridgehead atoms. The molecule has 6 heteroatoms. The van der Waals surface area contributed by atoms with E-state index >= 15 is 0 Å². The van der Waals surface area contributed by atoms with Gasteiger partial charge in [0.05, 0.1) is 0 Å². The van der Waals surface area contributed by atoms with Crippen molar-refractivity contribution < 1.29 is 53.1 Å². The van der Waals surface area contributed by atoms with Crippen molar-refractivity contribution in [2.24, 2.45) is 0 Å². The molecule has 0 nitrogen and oxygen atoms in total. The zero-order valence-electron chi connectivity index (χ0n) is 7.63. The van der Waals surface area contributed by atoms with Crippen molar-refractivity contribution in [2.75, 3.05) is 0 Å². The van der Waals surface area contributed by atoms with Crippen molar-refractivity contribution in [1.29, 1.82) is 0 Å². The summed E-state index contributed by atoms with van der Waals surface area (Å²) >= 11 is 0. The zero-order chi connectivity index (χ0) is 10.5. The third-order valence-corrected chi connectivity index (χ3v) is 1.66. The van der Waals surface area contributed by atoms with Gasteiger partial charge >= 0.3 is 12.1 Å². The second-order valence-electron chi connectivity index (χ2n) is 2.87. The van der Waals surface area contributed by atoms with Crippen molar-refractivity contribution >= 4 is 0 Å². The largest absolute Gasteiger partial charge is 0.453 e. The molecule has 84 valence electrons. The third kappa shape index (κ3) is 6.24. The van der Waals surface area contributed by atoms with Gasteiger partial charge in [-0.25, -0.2) is 0 Å². The van der Waals surface area contributed by atoms with Crippen LogP contribution in [0.2, 0.25) is 0 Å². The third-order valence-electron chi connectivity index (χ3n) is 1.66. The van der Waals surface area contributed by atoms with Crippen LogP contribution in [0.15, 0.2) is 0 Å². The second-order valence-corrected chi connectivity index (χ2v) is 2.87. The molecule has 0 saturated heterocycles. The van der Waals surface area contributed by atoms with Crippen LogP contribution < -0.4 is 0 Å². The van der Waals surface area contributed by atoms with E-state index in [4.69, 9.17) is 0 Å². The minimum atomic E-state index is -5.41. The average molecular weight is 441 g/mol. The van der Waals surface area contributed by atoms with E-state index in [1.807, 2.05) is 0 Å². The quantitative estimate of drug-likeness (QED) is 0.344. The minimum Gasteiger partial charge on any atom is -0.343 e. The van der Waals surface area contributed by atoms with E-state index in [9.17, 15) is 22.0 Å². The fraction of sp³-hybridized carbons (Fsp3) is 0.875. The molecule has 0 atom stereocenters. The molecule has 0 fully saturated rings. The van der Waals surface area contributed by atoms with Gasteiger partial charge in [-0.1, -0.05) is 12.8 Å². The molecule has 0 aliphatic rings. The number of hydrogen-bond acceptors (Lipinski definition) is 0. The number of hydrogen-bond donors (Lipinski definition) is 0. The Bertz CT molecular complexity index is 143. The molecule has 0 rings (SSSR count). The van der Waals surface area contributed by atoms with Crippen LogP contribution in [-0.2, 0) is 0 Å². The van der Waals surface area contributed by atoms with E-state index in [0.29, 0.717) is 19.3 Å². The van der Waals surface area contributed by atoms with Crippen molar-refractivity contribution in [3.63, 3.8) is 0 Å². The Hall–Kier alpha value is 0.702. The van der Waals surface area contributed by atoms with Crippen LogP contribution in [0.4, 0.5) is 22.0 Å². The molecule has 0 saturated carbocycles. The number of rotatable bonds is 5. The van der Waals surface area contributed by atoms with Crippen LogP contribution in [-0.4, -0.2) is 12.1 Å². The molecule has 0 amide bonds. The Labute approximate surface area is 104 Å². The first-order chi connectivity index (χ1) is 5.81. The Balaban J connectivity index is 0. The van der Waals surface area contributed by atoms with Gasteiger partial charge in [-0.3, -0.25) is 0 Å². The molecule has 0 aliphatic heterocycles. The molecule has 0 aliphatic carbocycles.